The average molecular weight is 401 g/mol. The SMILES string of the molecule is CC(=O)c1cc(CC(=O)NC2CCC(Oc3ccc4c(c3)OCO4)CC2)cs1. The van der Waals surface area contributed by atoms with Crippen LogP contribution in [-0.4, -0.2) is 30.6 Å². The van der Waals surface area contributed by atoms with Crippen LogP contribution in [0.2, 0.25) is 0 Å². The van der Waals surface area contributed by atoms with E-state index in [0.29, 0.717) is 11.3 Å². The fraction of sp³-hybridized carbons (Fsp3) is 0.429. The zero-order valence-electron chi connectivity index (χ0n) is 15.7. The van der Waals surface area contributed by atoms with Gasteiger partial charge in [-0.2, -0.15) is 0 Å². The van der Waals surface area contributed by atoms with Crippen molar-refractivity contribution in [2.75, 3.05) is 6.79 Å². The predicted octanol–water partition coefficient (Wildman–Crippen LogP) is 3.73. The quantitative estimate of drug-likeness (QED) is 0.747. The maximum atomic E-state index is 12.3. The summed E-state index contributed by atoms with van der Waals surface area (Å²) < 4.78 is 16.8. The second kappa shape index (κ2) is 8.22. The highest BCUT2D eigenvalue weighted by molar-refractivity contribution is 7.12. The molecule has 148 valence electrons. The summed E-state index contributed by atoms with van der Waals surface area (Å²) in [6, 6.07) is 7.62. The summed E-state index contributed by atoms with van der Waals surface area (Å²) in [5, 5.41) is 4.99. The number of thiophene rings is 1. The molecule has 28 heavy (non-hydrogen) atoms. The van der Waals surface area contributed by atoms with Gasteiger partial charge >= 0.3 is 0 Å². The number of carbonyl (C=O) groups is 2. The molecule has 4 rings (SSSR count). The van der Waals surface area contributed by atoms with Gasteiger partial charge in [0.05, 0.1) is 17.4 Å². The van der Waals surface area contributed by atoms with Crippen LogP contribution in [0.3, 0.4) is 0 Å². The number of rotatable bonds is 6. The molecule has 1 N–H and O–H groups in total. The van der Waals surface area contributed by atoms with Crippen molar-refractivity contribution in [2.45, 2.75) is 51.2 Å². The molecular formula is C21H23NO5S. The Kier molecular flexibility index (Phi) is 5.52. The molecule has 0 spiro atoms. The minimum atomic E-state index is 0.00745. The molecule has 1 aromatic carbocycles. The Morgan fingerprint density at radius 2 is 1.93 bits per heavy atom. The first-order valence-electron chi connectivity index (χ1n) is 9.51. The molecule has 0 atom stereocenters. The van der Waals surface area contributed by atoms with Crippen LogP contribution >= 0.6 is 11.3 Å². The van der Waals surface area contributed by atoms with Gasteiger partial charge in [0.15, 0.2) is 17.3 Å². The molecule has 0 unspecified atom stereocenters. The fourth-order valence-corrected chi connectivity index (χ4v) is 4.40. The van der Waals surface area contributed by atoms with Gasteiger partial charge < -0.3 is 19.5 Å². The number of ketones is 1. The van der Waals surface area contributed by atoms with Crippen LogP contribution in [0.5, 0.6) is 17.2 Å². The molecule has 1 fully saturated rings. The van der Waals surface area contributed by atoms with E-state index in [1.807, 2.05) is 29.6 Å². The topological polar surface area (TPSA) is 73.9 Å². The van der Waals surface area contributed by atoms with Gasteiger partial charge in [-0.1, -0.05) is 0 Å². The highest BCUT2D eigenvalue weighted by Crippen LogP contribution is 2.36. The summed E-state index contributed by atoms with van der Waals surface area (Å²) in [5.74, 6) is 2.31. The largest absolute Gasteiger partial charge is 0.490 e. The summed E-state index contributed by atoms with van der Waals surface area (Å²) in [6.07, 6.45) is 4.03. The summed E-state index contributed by atoms with van der Waals surface area (Å²) in [4.78, 5) is 24.4. The van der Waals surface area contributed by atoms with Crippen LogP contribution in [0, 0.1) is 0 Å². The zero-order chi connectivity index (χ0) is 19.5. The number of fused-ring (bicyclic) bond motifs is 1. The van der Waals surface area contributed by atoms with E-state index in [2.05, 4.69) is 5.32 Å². The standard InChI is InChI=1S/C21H23NO5S/c1-13(23)20-8-14(11-28-20)9-21(24)22-15-2-4-16(5-3-15)27-17-6-7-18-19(10-17)26-12-25-18/h6-8,10-11,15-16H,2-5,9,12H2,1H3,(H,22,24). The summed E-state index contributed by atoms with van der Waals surface area (Å²) in [6.45, 7) is 1.80. The van der Waals surface area contributed by atoms with E-state index in [9.17, 15) is 9.59 Å². The maximum Gasteiger partial charge on any atom is 0.231 e. The van der Waals surface area contributed by atoms with Crippen molar-refractivity contribution in [3.05, 3.63) is 40.1 Å². The monoisotopic (exact) mass is 401 g/mol. The van der Waals surface area contributed by atoms with E-state index in [1.165, 1.54) is 11.3 Å². The second-order valence-electron chi connectivity index (χ2n) is 7.23. The van der Waals surface area contributed by atoms with Crippen molar-refractivity contribution >= 4 is 23.0 Å². The minimum absolute atomic E-state index is 0.00745. The Balaban J connectivity index is 1.22. The van der Waals surface area contributed by atoms with E-state index in [-0.39, 0.29) is 30.6 Å². The number of amides is 1. The number of hydrogen-bond donors (Lipinski definition) is 1. The Hall–Kier alpha value is -2.54. The molecule has 6 nitrogen and oxygen atoms in total. The lowest BCUT2D eigenvalue weighted by Gasteiger charge is -2.29. The molecule has 0 bridgehead atoms. The number of nitrogens with one attached hydrogen (secondary N) is 1. The van der Waals surface area contributed by atoms with Crippen molar-refractivity contribution in [3.63, 3.8) is 0 Å². The van der Waals surface area contributed by atoms with Crippen molar-refractivity contribution in [3.8, 4) is 17.2 Å². The molecule has 0 radical (unpaired) electrons. The molecule has 1 aliphatic carbocycles. The fourth-order valence-electron chi connectivity index (χ4n) is 3.58. The van der Waals surface area contributed by atoms with Gasteiger partial charge in [0, 0.05) is 12.1 Å². The lowest BCUT2D eigenvalue weighted by Crippen LogP contribution is -2.40. The normalized spacial score (nSPS) is 20.6. The number of Topliss-reactive ketones (excluding diaryl/α,β-unsaturated/α-hetero) is 1. The van der Waals surface area contributed by atoms with E-state index < -0.39 is 0 Å². The first-order valence-corrected chi connectivity index (χ1v) is 10.4. The Bertz CT molecular complexity index is 869. The highest BCUT2D eigenvalue weighted by atomic mass is 32.1. The van der Waals surface area contributed by atoms with E-state index in [1.54, 1.807) is 6.92 Å². The predicted molar refractivity (Wildman–Crippen MR) is 105 cm³/mol. The van der Waals surface area contributed by atoms with Gasteiger partial charge in [0.2, 0.25) is 12.7 Å². The lowest BCUT2D eigenvalue weighted by molar-refractivity contribution is -0.121. The van der Waals surface area contributed by atoms with Crippen molar-refractivity contribution in [2.24, 2.45) is 0 Å². The number of benzene rings is 1. The van der Waals surface area contributed by atoms with Crippen LogP contribution in [-0.2, 0) is 11.2 Å². The van der Waals surface area contributed by atoms with Crippen LogP contribution in [0.4, 0.5) is 0 Å². The van der Waals surface area contributed by atoms with E-state index >= 15 is 0 Å². The van der Waals surface area contributed by atoms with E-state index in [4.69, 9.17) is 14.2 Å². The van der Waals surface area contributed by atoms with Crippen LogP contribution in [0.25, 0.3) is 0 Å². The van der Waals surface area contributed by atoms with Crippen molar-refractivity contribution in [1.82, 2.24) is 5.32 Å². The average Bonchev–Trinajstić information content (AvgIpc) is 3.32. The minimum Gasteiger partial charge on any atom is -0.490 e. The van der Waals surface area contributed by atoms with Gasteiger partial charge in [-0.15, -0.1) is 11.3 Å². The van der Waals surface area contributed by atoms with Crippen LogP contribution < -0.4 is 19.5 Å². The number of hydrogen-bond acceptors (Lipinski definition) is 6. The van der Waals surface area contributed by atoms with Gasteiger partial charge in [0.1, 0.15) is 5.75 Å². The van der Waals surface area contributed by atoms with Gasteiger partial charge in [-0.05, 0) is 61.7 Å². The van der Waals surface area contributed by atoms with Crippen molar-refractivity contribution in [1.29, 1.82) is 0 Å². The molecular weight excluding hydrogens is 378 g/mol. The summed E-state index contributed by atoms with van der Waals surface area (Å²) in [7, 11) is 0. The third kappa shape index (κ3) is 4.47. The number of carbonyl (C=O) groups excluding carboxylic acids is 2. The smallest absolute Gasteiger partial charge is 0.231 e. The molecule has 1 aromatic heterocycles. The van der Waals surface area contributed by atoms with Crippen molar-refractivity contribution < 1.29 is 23.8 Å². The maximum absolute atomic E-state index is 12.3. The molecule has 1 aliphatic heterocycles. The Morgan fingerprint density at radius 3 is 2.68 bits per heavy atom. The Morgan fingerprint density at radius 1 is 1.14 bits per heavy atom. The molecule has 1 saturated carbocycles. The van der Waals surface area contributed by atoms with Crippen LogP contribution in [0.1, 0.15) is 47.8 Å². The molecule has 2 aromatic rings. The molecule has 2 heterocycles. The Labute approximate surface area is 167 Å². The van der Waals surface area contributed by atoms with Gasteiger partial charge in [-0.3, -0.25) is 9.59 Å². The molecule has 1 amide bonds. The first kappa shape index (κ1) is 18.8. The highest BCUT2D eigenvalue weighted by Gasteiger charge is 2.24. The summed E-state index contributed by atoms with van der Waals surface area (Å²) >= 11 is 1.39. The second-order valence-corrected chi connectivity index (χ2v) is 8.14. The third-order valence-electron chi connectivity index (χ3n) is 5.05. The third-order valence-corrected chi connectivity index (χ3v) is 6.13. The van der Waals surface area contributed by atoms with Gasteiger partial charge in [-0.25, -0.2) is 0 Å². The van der Waals surface area contributed by atoms with Gasteiger partial charge in [0.25, 0.3) is 0 Å². The molecule has 2 aliphatic rings. The molecule has 0 saturated heterocycles. The molecule has 7 heteroatoms. The number of ether oxygens (including phenoxy) is 3. The first-order chi connectivity index (χ1) is 13.6. The zero-order valence-corrected chi connectivity index (χ0v) is 16.6. The lowest BCUT2D eigenvalue weighted by atomic mass is 9.92. The van der Waals surface area contributed by atoms with Crippen LogP contribution in [0.15, 0.2) is 29.6 Å². The van der Waals surface area contributed by atoms with E-state index in [0.717, 1.165) is 48.5 Å². The summed E-state index contributed by atoms with van der Waals surface area (Å²) in [5.41, 5.74) is 0.896.